The first kappa shape index (κ1) is 10.2. The van der Waals surface area contributed by atoms with Gasteiger partial charge in [0.2, 0.25) is 5.91 Å². The minimum absolute atomic E-state index is 0.0139. The molecule has 1 aromatic heterocycles. The third kappa shape index (κ3) is 2.36. The van der Waals surface area contributed by atoms with Crippen molar-refractivity contribution in [2.24, 2.45) is 11.7 Å². The average Bonchev–Trinajstić information content (AvgIpc) is 2.84. The number of rotatable bonds is 3. The molecule has 5 heteroatoms. The number of amides is 1. The van der Waals surface area contributed by atoms with Crippen molar-refractivity contribution in [1.29, 1.82) is 0 Å². The van der Waals surface area contributed by atoms with Gasteiger partial charge < -0.3 is 16.0 Å². The summed E-state index contributed by atoms with van der Waals surface area (Å²) in [7, 11) is 0. The van der Waals surface area contributed by atoms with Crippen LogP contribution in [-0.4, -0.2) is 21.9 Å². The summed E-state index contributed by atoms with van der Waals surface area (Å²) in [5.41, 5.74) is 5.84. The molecule has 82 valence electrons. The van der Waals surface area contributed by atoms with E-state index in [4.69, 9.17) is 5.73 Å². The van der Waals surface area contributed by atoms with E-state index in [0.29, 0.717) is 6.54 Å². The molecule has 2 unspecified atom stereocenters. The molecule has 15 heavy (non-hydrogen) atoms. The normalized spacial score (nSPS) is 25.4. The number of nitrogens with two attached hydrogens (primary N) is 1. The van der Waals surface area contributed by atoms with E-state index in [1.165, 1.54) is 0 Å². The summed E-state index contributed by atoms with van der Waals surface area (Å²) in [5, 5.41) is 2.84. The Morgan fingerprint density at radius 2 is 2.53 bits per heavy atom. The molecule has 0 spiro atoms. The highest BCUT2D eigenvalue weighted by Gasteiger charge is 2.29. The fourth-order valence-corrected chi connectivity index (χ4v) is 2.01. The van der Waals surface area contributed by atoms with Crippen molar-refractivity contribution in [3.05, 3.63) is 18.2 Å². The molecule has 4 N–H and O–H groups in total. The van der Waals surface area contributed by atoms with Gasteiger partial charge in [0, 0.05) is 18.4 Å². The summed E-state index contributed by atoms with van der Waals surface area (Å²) in [6.45, 7) is 0.453. The Morgan fingerprint density at radius 3 is 3.13 bits per heavy atom. The predicted octanol–water partition coefficient (Wildman–Crippen LogP) is 0.153. The third-order valence-corrected chi connectivity index (χ3v) is 2.89. The Balaban J connectivity index is 1.82. The zero-order valence-electron chi connectivity index (χ0n) is 8.57. The smallest absolute Gasteiger partial charge is 0.225 e. The van der Waals surface area contributed by atoms with Crippen molar-refractivity contribution in [1.82, 2.24) is 15.3 Å². The number of hydrogen-bond donors (Lipinski definition) is 3. The first-order valence-electron chi connectivity index (χ1n) is 5.29. The number of carbonyl (C=O) groups excluding carboxylic acids is 1. The van der Waals surface area contributed by atoms with Crippen LogP contribution in [0.1, 0.15) is 25.1 Å². The highest BCUT2D eigenvalue weighted by Crippen LogP contribution is 2.23. The van der Waals surface area contributed by atoms with Crippen molar-refractivity contribution < 1.29 is 4.79 Å². The topological polar surface area (TPSA) is 83.8 Å². The average molecular weight is 208 g/mol. The van der Waals surface area contributed by atoms with Gasteiger partial charge in [-0.25, -0.2) is 4.98 Å². The van der Waals surface area contributed by atoms with Crippen molar-refractivity contribution in [2.45, 2.75) is 31.8 Å². The summed E-state index contributed by atoms with van der Waals surface area (Å²) in [6.07, 6.45) is 6.33. The standard InChI is InChI=1S/C10H16N4O/c11-8-3-1-2-7(8)10(15)14-6-9-12-4-5-13-9/h4-5,7-8H,1-3,6,11H2,(H,12,13)(H,14,15). The van der Waals surface area contributed by atoms with Crippen LogP contribution in [0.2, 0.25) is 0 Å². The first-order valence-corrected chi connectivity index (χ1v) is 5.29. The minimum Gasteiger partial charge on any atom is -0.349 e. The van der Waals surface area contributed by atoms with Crippen LogP contribution < -0.4 is 11.1 Å². The lowest BCUT2D eigenvalue weighted by Crippen LogP contribution is -2.38. The van der Waals surface area contributed by atoms with Crippen LogP contribution >= 0.6 is 0 Å². The van der Waals surface area contributed by atoms with Gasteiger partial charge in [-0.2, -0.15) is 0 Å². The summed E-state index contributed by atoms with van der Waals surface area (Å²) in [5.74, 6) is 0.811. The van der Waals surface area contributed by atoms with Gasteiger partial charge in [0.25, 0.3) is 0 Å². The summed E-state index contributed by atoms with van der Waals surface area (Å²) in [6, 6.07) is 0.0293. The molecule has 1 aromatic rings. The number of nitrogens with zero attached hydrogens (tertiary/aromatic N) is 1. The number of aromatic nitrogens is 2. The van der Waals surface area contributed by atoms with E-state index < -0.39 is 0 Å². The fraction of sp³-hybridized carbons (Fsp3) is 0.600. The van der Waals surface area contributed by atoms with Crippen LogP contribution in [0.3, 0.4) is 0 Å². The third-order valence-electron chi connectivity index (χ3n) is 2.89. The molecule has 0 aliphatic heterocycles. The van der Waals surface area contributed by atoms with Gasteiger partial charge in [-0.15, -0.1) is 0 Å². The van der Waals surface area contributed by atoms with Gasteiger partial charge in [-0.05, 0) is 12.8 Å². The molecule has 1 heterocycles. The number of hydrogen-bond acceptors (Lipinski definition) is 3. The maximum atomic E-state index is 11.7. The van der Waals surface area contributed by atoms with Crippen LogP contribution in [0.5, 0.6) is 0 Å². The quantitative estimate of drug-likeness (QED) is 0.661. The van der Waals surface area contributed by atoms with Crippen molar-refractivity contribution in [3.8, 4) is 0 Å². The molecule has 1 fully saturated rings. The van der Waals surface area contributed by atoms with E-state index >= 15 is 0 Å². The molecule has 0 saturated heterocycles. The fourth-order valence-electron chi connectivity index (χ4n) is 2.01. The van der Waals surface area contributed by atoms with Crippen LogP contribution in [0, 0.1) is 5.92 Å². The molecule has 1 aliphatic rings. The number of nitrogens with one attached hydrogen (secondary N) is 2. The second-order valence-electron chi connectivity index (χ2n) is 3.95. The van der Waals surface area contributed by atoms with Crippen LogP contribution in [-0.2, 0) is 11.3 Å². The predicted molar refractivity (Wildman–Crippen MR) is 55.8 cm³/mol. The maximum Gasteiger partial charge on any atom is 0.225 e. The Morgan fingerprint density at radius 1 is 1.67 bits per heavy atom. The molecule has 2 atom stereocenters. The van der Waals surface area contributed by atoms with Crippen molar-refractivity contribution in [3.63, 3.8) is 0 Å². The van der Waals surface area contributed by atoms with Crippen LogP contribution in [0.25, 0.3) is 0 Å². The SMILES string of the molecule is NC1CCCC1C(=O)NCc1ncc[nH]1. The van der Waals surface area contributed by atoms with Gasteiger partial charge >= 0.3 is 0 Å². The molecule has 1 saturated carbocycles. The molecule has 1 aliphatic carbocycles. The molecular weight excluding hydrogens is 192 g/mol. The largest absolute Gasteiger partial charge is 0.349 e. The van der Waals surface area contributed by atoms with Crippen molar-refractivity contribution in [2.75, 3.05) is 0 Å². The lowest BCUT2D eigenvalue weighted by atomic mass is 10.0. The Bertz CT molecular complexity index is 322. The molecule has 0 bridgehead atoms. The molecule has 0 aromatic carbocycles. The minimum atomic E-state index is -0.0139. The van der Waals surface area contributed by atoms with E-state index in [0.717, 1.165) is 25.1 Å². The summed E-state index contributed by atoms with van der Waals surface area (Å²) < 4.78 is 0. The molecule has 2 rings (SSSR count). The lowest BCUT2D eigenvalue weighted by Gasteiger charge is -2.14. The second-order valence-corrected chi connectivity index (χ2v) is 3.95. The second kappa shape index (κ2) is 4.44. The zero-order valence-corrected chi connectivity index (χ0v) is 8.57. The van der Waals surface area contributed by atoms with E-state index in [1.54, 1.807) is 12.4 Å². The van der Waals surface area contributed by atoms with Gasteiger partial charge in [0.1, 0.15) is 5.82 Å². The van der Waals surface area contributed by atoms with E-state index in [2.05, 4.69) is 15.3 Å². The van der Waals surface area contributed by atoms with E-state index in [1.807, 2.05) is 0 Å². The van der Waals surface area contributed by atoms with E-state index in [9.17, 15) is 4.79 Å². The molecule has 5 nitrogen and oxygen atoms in total. The Hall–Kier alpha value is -1.36. The molecular formula is C10H16N4O. The first-order chi connectivity index (χ1) is 7.27. The lowest BCUT2D eigenvalue weighted by molar-refractivity contribution is -0.125. The highest BCUT2D eigenvalue weighted by molar-refractivity contribution is 5.79. The van der Waals surface area contributed by atoms with Gasteiger partial charge in [-0.3, -0.25) is 4.79 Å². The Labute approximate surface area is 88.5 Å². The Kier molecular flexibility index (Phi) is 3.01. The number of aromatic amines is 1. The van der Waals surface area contributed by atoms with Gasteiger partial charge in [-0.1, -0.05) is 6.42 Å². The van der Waals surface area contributed by atoms with Crippen LogP contribution in [0.15, 0.2) is 12.4 Å². The van der Waals surface area contributed by atoms with Crippen molar-refractivity contribution >= 4 is 5.91 Å². The summed E-state index contributed by atoms with van der Waals surface area (Å²) in [4.78, 5) is 18.7. The zero-order chi connectivity index (χ0) is 10.7. The maximum absolute atomic E-state index is 11.7. The van der Waals surface area contributed by atoms with E-state index in [-0.39, 0.29) is 17.9 Å². The number of H-pyrrole nitrogens is 1. The van der Waals surface area contributed by atoms with Gasteiger partial charge in [0.05, 0.1) is 12.5 Å². The van der Waals surface area contributed by atoms with Crippen LogP contribution in [0.4, 0.5) is 0 Å². The number of imidazole rings is 1. The van der Waals surface area contributed by atoms with Gasteiger partial charge in [0.15, 0.2) is 0 Å². The number of carbonyl (C=O) groups is 1. The molecule has 1 amide bonds. The summed E-state index contributed by atoms with van der Waals surface area (Å²) >= 11 is 0. The molecule has 0 radical (unpaired) electrons. The highest BCUT2D eigenvalue weighted by atomic mass is 16.1. The monoisotopic (exact) mass is 208 g/mol.